The van der Waals surface area contributed by atoms with Crippen LogP contribution in [-0.4, -0.2) is 39.4 Å². The Labute approximate surface area is 152 Å². The minimum atomic E-state index is -0.256. The molecule has 1 saturated heterocycles. The fourth-order valence-corrected chi connectivity index (χ4v) is 3.31. The van der Waals surface area contributed by atoms with Crippen molar-refractivity contribution in [1.29, 1.82) is 0 Å². The zero-order valence-corrected chi connectivity index (χ0v) is 14.8. The van der Waals surface area contributed by atoms with Gasteiger partial charge in [0.2, 0.25) is 0 Å². The average Bonchev–Trinajstić information content (AvgIpc) is 3.27. The molecular formula is C20H22N4O2. The molecule has 1 fully saturated rings. The van der Waals surface area contributed by atoms with Crippen molar-refractivity contribution in [2.24, 2.45) is 0 Å². The third kappa shape index (κ3) is 3.46. The first kappa shape index (κ1) is 16.7. The number of nitrogens with one attached hydrogen (secondary N) is 1. The molecule has 1 atom stereocenters. The van der Waals surface area contributed by atoms with Crippen LogP contribution in [0.5, 0.6) is 0 Å². The monoisotopic (exact) mass is 350 g/mol. The predicted molar refractivity (Wildman–Crippen MR) is 99.0 cm³/mol. The van der Waals surface area contributed by atoms with Crippen molar-refractivity contribution in [3.8, 4) is 0 Å². The first-order valence-corrected chi connectivity index (χ1v) is 8.91. The van der Waals surface area contributed by atoms with Gasteiger partial charge < -0.3 is 10.1 Å². The average molecular weight is 350 g/mol. The van der Waals surface area contributed by atoms with E-state index in [-0.39, 0.29) is 11.5 Å². The van der Waals surface area contributed by atoms with E-state index in [1.807, 2.05) is 35.9 Å². The van der Waals surface area contributed by atoms with Crippen LogP contribution in [0.3, 0.4) is 0 Å². The number of ether oxygens (including phenoxy) is 1. The molecule has 0 spiro atoms. The van der Waals surface area contributed by atoms with Crippen LogP contribution >= 0.6 is 0 Å². The van der Waals surface area contributed by atoms with Gasteiger partial charge in [-0.1, -0.05) is 30.3 Å². The molecule has 3 aromatic rings. The first-order chi connectivity index (χ1) is 12.6. The molecule has 6 nitrogen and oxygen atoms in total. The van der Waals surface area contributed by atoms with E-state index >= 15 is 0 Å². The third-order valence-corrected chi connectivity index (χ3v) is 4.84. The van der Waals surface area contributed by atoms with E-state index in [4.69, 9.17) is 4.74 Å². The summed E-state index contributed by atoms with van der Waals surface area (Å²) in [6.45, 7) is 3.96. The van der Waals surface area contributed by atoms with Crippen molar-refractivity contribution in [2.75, 3.05) is 13.2 Å². The summed E-state index contributed by atoms with van der Waals surface area (Å²) in [7, 11) is 0. The predicted octanol–water partition coefficient (Wildman–Crippen LogP) is 2.78. The quantitative estimate of drug-likeness (QED) is 0.768. The molecule has 1 N–H and O–H groups in total. The molecule has 0 radical (unpaired) electrons. The van der Waals surface area contributed by atoms with Crippen molar-refractivity contribution in [2.45, 2.75) is 31.9 Å². The van der Waals surface area contributed by atoms with Crippen LogP contribution in [0.4, 0.5) is 0 Å². The number of fused-ring (bicyclic) bond motifs is 1. The highest BCUT2D eigenvalue weighted by Gasteiger charge is 2.30. The van der Waals surface area contributed by atoms with Crippen molar-refractivity contribution in [1.82, 2.24) is 20.1 Å². The number of aromatic nitrogens is 3. The molecule has 0 aliphatic carbocycles. The number of pyridine rings is 1. The molecule has 1 aromatic carbocycles. The van der Waals surface area contributed by atoms with E-state index in [0.29, 0.717) is 18.7 Å². The summed E-state index contributed by atoms with van der Waals surface area (Å²) in [4.78, 5) is 16.9. The normalized spacial score (nSPS) is 19.7. The van der Waals surface area contributed by atoms with Crippen LogP contribution in [-0.2, 0) is 11.3 Å². The molecule has 3 heterocycles. The topological polar surface area (TPSA) is 69.0 Å². The molecular weight excluding hydrogens is 328 g/mol. The van der Waals surface area contributed by atoms with Crippen LogP contribution < -0.4 is 5.32 Å². The Balaban J connectivity index is 1.48. The molecule has 4 rings (SSSR count). The lowest BCUT2D eigenvalue weighted by molar-refractivity contribution is 0.0206. The van der Waals surface area contributed by atoms with Crippen LogP contribution in [0.15, 0.2) is 48.8 Å². The number of amides is 1. The highest BCUT2D eigenvalue weighted by Crippen LogP contribution is 2.24. The Hall–Kier alpha value is -2.73. The lowest BCUT2D eigenvalue weighted by atomic mass is 10.0. The largest absolute Gasteiger partial charge is 0.373 e. The number of carbonyl (C=O) groups excluding carboxylic acids is 1. The third-order valence-electron chi connectivity index (χ3n) is 4.84. The van der Waals surface area contributed by atoms with Gasteiger partial charge in [-0.2, -0.15) is 5.10 Å². The Morgan fingerprint density at radius 3 is 2.92 bits per heavy atom. The standard InChI is InChI=1S/C20H22N4O2/c1-20(8-5-9-26-20)14-22-19(25)17-10-16-12-23-24(18(16)21-11-17)13-15-6-3-2-4-7-15/h2-4,6-7,10-12H,5,8-9,13-14H2,1H3,(H,22,25). The number of hydrogen-bond acceptors (Lipinski definition) is 4. The zero-order chi connectivity index (χ0) is 18.0. The minimum absolute atomic E-state index is 0.132. The van der Waals surface area contributed by atoms with Crippen LogP contribution in [0.25, 0.3) is 11.0 Å². The summed E-state index contributed by atoms with van der Waals surface area (Å²) >= 11 is 0. The fourth-order valence-electron chi connectivity index (χ4n) is 3.31. The van der Waals surface area contributed by atoms with Crippen molar-refractivity contribution in [3.05, 3.63) is 59.9 Å². The van der Waals surface area contributed by atoms with Crippen molar-refractivity contribution < 1.29 is 9.53 Å². The van der Waals surface area contributed by atoms with Gasteiger partial charge in [0.05, 0.1) is 23.9 Å². The van der Waals surface area contributed by atoms with Gasteiger partial charge in [0.1, 0.15) is 0 Å². The van der Waals surface area contributed by atoms with Gasteiger partial charge >= 0.3 is 0 Å². The maximum Gasteiger partial charge on any atom is 0.252 e. The lowest BCUT2D eigenvalue weighted by Crippen LogP contribution is -2.40. The summed E-state index contributed by atoms with van der Waals surface area (Å²) in [5, 5.41) is 8.23. The second-order valence-electron chi connectivity index (χ2n) is 7.01. The number of rotatable bonds is 5. The SMILES string of the molecule is CC1(CNC(=O)c2cnc3c(cnn3Cc3ccccc3)c2)CCCO1. The lowest BCUT2D eigenvalue weighted by Gasteiger charge is -2.23. The van der Waals surface area contributed by atoms with Gasteiger partial charge in [-0.05, 0) is 31.4 Å². The van der Waals surface area contributed by atoms with E-state index in [1.165, 1.54) is 0 Å². The smallest absolute Gasteiger partial charge is 0.252 e. The molecule has 1 aliphatic heterocycles. The first-order valence-electron chi connectivity index (χ1n) is 8.91. The van der Waals surface area contributed by atoms with E-state index in [9.17, 15) is 4.79 Å². The summed E-state index contributed by atoms with van der Waals surface area (Å²) in [6.07, 6.45) is 5.37. The second-order valence-corrected chi connectivity index (χ2v) is 7.01. The van der Waals surface area contributed by atoms with Crippen LogP contribution in [0.1, 0.15) is 35.7 Å². The highest BCUT2D eigenvalue weighted by atomic mass is 16.5. The summed E-state index contributed by atoms with van der Waals surface area (Å²) in [5.74, 6) is -0.132. The highest BCUT2D eigenvalue weighted by molar-refractivity contribution is 5.96. The summed E-state index contributed by atoms with van der Waals surface area (Å²) in [5.41, 5.74) is 2.22. The molecule has 2 aromatic heterocycles. The van der Waals surface area contributed by atoms with Gasteiger partial charge in [-0.15, -0.1) is 0 Å². The zero-order valence-electron chi connectivity index (χ0n) is 14.8. The van der Waals surface area contributed by atoms with Crippen LogP contribution in [0.2, 0.25) is 0 Å². The maximum atomic E-state index is 12.5. The molecule has 1 aliphatic rings. The molecule has 26 heavy (non-hydrogen) atoms. The summed E-state index contributed by atoms with van der Waals surface area (Å²) < 4.78 is 7.56. The fraction of sp³-hybridized carbons (Fsp3) is 0.350. The molecule has 6 heteroatoms. The molecule has 1 amide bonds. The number of hydrogen-bond donors (Lipinski definition) is 1. The Kier molecular flexibility index (Phi) is 4.42. The van der Waals surface area contributed by atoms with Gasteiger partial charge in [0, 0.05) is 24.7 Å². The van der Waals surface area contributed by atoms with Crippen LogP contribution in [0, 0.1) is 0 Å². The molecule has 0 bridgehead atoms. The molecule has 134 valence electrons. The Morgan fingerprint density at radius 1 is 1.31 bits per heavy atom. The van der Waals surface area contributed by atoms with Gasteiger partial charge in [-0.25, -0.2) is 9.67 Å². The van der Waals surface area contributed by atoms with Gasteiger partial charge in [-0.3, -0.25) is 4.79 Å². The maximum absolute atomic E-state index is 12.5. The Bertz CT molecular complexity index is 914. The summed E-state index contributed by atoms with van der Waals surface area (Å²) in [6, 6.07) is 12.0. The number of carbonyl (C=O) groups is 1. The molecule has 1 unspecified atom stereocenters. The minimum Gasteiger partial charge on any atom is -0.373 e. The molecule has 0 saturated carbocycles. The van der Waals surface area contributed by atoms with Crippen molar-refractivity contribution in [3.63, 3.8) is 0 Å². The van der Waals surface area contributed by atoms with E-state index in [2.05, 4.69) is 27.5 Å². The Morgan fingerprint density at radius 2 is 2.15 bits per heavy atom. The van der Waals surface area contributed by atoms with Crippen molar-refractivity contribution >= 4 is 16.9 Å². The van der Waals surface area contributed by atoms with Gasteiger partial charge in [0.25, 0.3) is 5.91 Å². The van der Waals surface area contributed by atoms with Gasteiger partial charge in [0.15, 0.2) is 5.65 Å². The second kappa shape index (κ2) is 6.88. The van der Waals surface area contributed by atoms with E-state index in [0.717, 1.165) is 36.0 Å². The van der Waals surface area contributed by atoms with E-state index in [1.54, 1.807) is 12.4 Å². The van der Waals surface area contributed by atoms with E-state index < -0.39 is 0 Å². The number of nitrogens with zero attached hydrogens (tertiary/aromatic N) is 3. The number of benzene rings is 1.